The van der Waals surface area contributed by atoms with Gasteiger partial charge in [0, 0.05) is 18.0 Å². The van der Waals surface area contributed by atoms with E-state index in [1.54, 1.807) is 6.07 Å². The minimum absolute atomic E-state index is 0.108. The zero-order valence-electron chi connectivity index (χ0n) is 10.2. The molecule has 0 radical (unpaired) electrons. The van der Waals surface area contributed by atoms with Crippen LogP contribution in [0.4, 0.5) is 0 Å². The van der Waals surface area contributed by atoms with Crippen molar-refractivity contribution in [2.75, 3.05) is 13.4 Å². The van der Waals surface area contributed by atoms with Gasteiger partial charge >= 0.3 is 0 Å². The number of halogens is 1. The van der Waals surface area contributed by atoms with Crippen LogP contribution >= 0.6 is 15.9 Å². The molecular weight excluding hydrogens is 336 g/mol. The van der Waals surface area contributed by atoms with Gasteiger partial charge in [0.05, 0.1) is 17.8 Å². The van der Waals surface area contributed by atoms with Gasteiger partial charge in [-0.05, 0) is 28.1 Å². The molecule has 0 saturated carbocycles. The fourth-order valence-corrected chi connectivity index (χ4v) is 2.87. The van der Waals surface area contributed by atoms with Crippen molar-refractivity contribution in [1.29, 1.82) is 0 Å². The molecule has 0 saturated heterocycles. The van der Waals surface area contributed by atoms with Crippen LogP contribution in [-0.2, 0) is 10.0 Å². The Morgan fingerprint density at radius 1 is 1.42 bits per heavy atom. The second-order valence-electron chi connectivity index (χ2n) is 3.79. The van der Waals surface area contributed by atoms with Crippen molar-refractivity contribution in [3.63, 3.8) is 0 Å². The van der Waals surface area contributed by atoms with Crippen molar-refractivity contribution in [3.05, 3.63) is 29.0 Å². The van der Waals surface area contributed by atoms with Crippen LogP contribution in [0.3, 0.4) is 0 Å². The van der Waals surface area contributed by atoms with Gasteiger partial charge < -0.3 is 9.84 Å². The average Bonchev–Trinajstić information content (AvgIpc) is 2.81. The fraction of sp³-hybridized carbons (Fsp3) is 0.182. The smallest absolute Gasteiger partial charge is 0.237 e. The van der Waals surface area contributed by atoms with Gasteiger partial charge in [-0.25, -0.2) is 17.4 Å². The summed E-state index contributed by atoms with van der Waals surface area (Å²) in [5.74, 6) is 0.392. The molecule has 2 rings (SSSR count). The number of phenols is 1. The highest BCUT2D eigenvalue weighted by Crippen LogP contribution is 2.40. The molecule has 8 heteroatoms. The van der Waals surface area contributed by atoms with Gasteiger partial charge in [-0.1, -0.05) is 0 Å². The number of nitrogens with zero attached hydrogens (tertiary/aromatic N) is 2. The summed E-state index contributed by atoms with van der Waals surface area (Å²) in [6, 6.07) is 3.16. The Labute approximate surface area is 118 Å². The number of hydrogen-bond acceptors (Lipinski definition) is 5. The number of aromatic hydroxyl groups is 1. The molecule has 0 unspecified atom stereocenters. The van der Waals surface area contributed by atoms with Gasteiger partial charge in [-0.2, -0.15) is 0 Å². The van der Waals surface area contributed by atoms with E-state index in [0.29, 0.717) is 10.0 Å². The topological polar surface area (TPSA) is 81.4 Å². The molecule has 0 bridgehead atoms. The Morgan fingerprint density at radius 2 is 2.11 bits per heavy atom. The Morgan fingerprint density at radius 3 is 2.68 bits per heavy atom. The third-order valence-electron chi connectivity index (χ3n) is 2.50. The van der Waals surface area contributed by atoms with Crippen molar-refractivity contribution < 1.29 is 18.3 Å². The maximum atomic E-state index is 11.6. The van der Waals surface area contributed by atoms with Crippen LogP contribution in [0.5, 0.6) is 11.5 Å². The highest BCUT2D eigenvalue weighted by Gasteiger charge is 2.19. The number of aromatic nitrogens is 2. The first-order valence-corrected chi connectivity index (χ1v) is 7.80. The van der Waals surface area contributed by atoms with Crippen LogP contribution in [0.2, 0.25) is 0 Å². The Kier molecular flexibility index (Phi) is 3.55. The highest BCUT2D eigenvalue weighted by atomic mass is 79.9. The van der Waals surface area contributed by atoms with Gasteiger partial charge in [0.1, 0.15) is 0 Å². The summed E-state index contributed by atoms with van der Waals surface area (Å²) in [4.78, 5) is 4.01. The number of hydrogen-bond donors (Lipinski definition) is 1. The van der Waals surface area contributed by atoms with E-state index in [-0.39, 0.29) is 17.3 Å². The lowest BCUT2D eigenvalue weighted by Gasteiger charge is -2.10. The van der Waals surface area contributed by atoms with Crippen LogP contribution < -0.4 is 4.74 Å². The lowest BCUT2D eigenvalue weighted by atomic mass is 10.2. The second-order valence-corrected chi connectivity index (χ2v) is 6.44. The minimum atomic E-state index is -3.46. The number of methoxy groups -OCH3 is 1. The molecular formula is C11H11BrN2O4S. The van der Waals surface area contributed by atoms with E-state index in [9.17, 15) is 13.5 Å². The van der Waals surface area contributed by atoms with Crippen molar-refractivity contribution in [2.45, 2.75) is 0 Å². The van der Waals surface area contributed by atoms with E-state index in [4.69, 9.17) is 4.74 Å². The van der Waals surface area contributed by atoms with Crippen LogP contribution in [-0.4, -0.2) is 35.8 Å². The largest absolute Gasteiger partial charge is 0.503 e. The molecule has 1 heterocycles. The molecule has 0 amide bonds. The zero-order valence-corrected chi connectivity index (χ0v) is 12.6. The fourth-order valence-electron chi connectivity index (χ4n) is 1.63. The molecule has 0 atom stereocenters. The van der Waals surface area contributed by atoms with Gasteiger partial charge in [-0.15, -0.1) is 0 Å². The first-order valence-electron chi connectivity index (χ1n) is 5.16. The molecule has 1 aromatic carbocycles. The summed E-state index contributed by atoms with van der Waals surface area (Å²) in [7, 11) is -2.03. The summed E-state index contributed by atoms with van der Waals surface area (Å²) in [5.41, 5.74) is 0.453. The van der Waals surface area contributed by atoms with Crippen LogP contribution in [0.25, 0.3) is 11.4 Å². The zero-order chi connectivity index (χ0) is 14.2. The molecule has 1 N–H and O–H groups in total. The SMILES string of the molecule is COc1ccc(-c2nccn2S(C)(=O)=O)c(Br)c1O. The number of imidazole rings is 1. The molecule has 0 fully saturated rings. The third kappa shape index (κ3) is 2.45. The molecule has 0 spiro atoms. The Hall–Kier alpha value is -1.54. The minimum Gasteiger partial charge on any atom is -0.503 e. The predicted molar refractivity (Wildman–Crippen MR) is 73.8 cm³/mol. The van der Waals surface area contributed by atoms with E-state index in [2.05, 4.69) is 20.9 Å². The normalized spacial score (nSPS) is 11.5. The standard InChI is InChI=1S/C11H11BrN2O4S/c1-18-8-4-3-7(9(12)10(8)15)11-13-5-6-14(11)19(2,16)17/h3-6,15H,1-2H3. The third-order valence-corrected chi connectivity index (χ3v) is 4.32. The van der Waals surface area contributed by atoms with Gasteiger partial charge in [0.15, 0.2) is 17.3 Å². The quantitative estimate of drug-likeness (QED) is 0.916. The van der Waals surface area contributed by atoms with Gasteiger partial charge in [0.25, 0.3) is 0 Å². The van der Waals surface area contributed by atoms with E-state index in [0.717, 1.165) is 10.2 Å². The monoisotopic (exact) mass is 346 g/mol. The van der Waals surface area contributed by atoms with Crippen LogP contribution in [0, 0.1) is 0 Å². The number of rotatable bonds is 3. The molecule has 6 nitrogen and oxygen atoms in total. The Bertz CT molecular complexity index is 724. The van der Waals surface area contributed by atoms with Crippen molar-refractivity contribution >= 4 is 26.0 Å². The summed E-state index contributed by atoms with van der Waals surface area (Å²) in [6.45, 7) is 0. The molecule has 102 valence electrons. The first-order chi connectivity index (χ1) is 8.86. The summed E-state index contributed by atoms with van der Waals surface area (Å²) < 4.78 is 29.6. The Balaban J connectivity index is 2.68. The van der Waals surface area contributed by atoms with Crippen molar-refractivity contribution in [1.82, 2.24) is 8.96 Å². The highest BCUT2D eigenvalue weighted by molar-refractivity contribution is 9.10. The number of benzene rings is 1. The van der Waals surface area contributed by atoms with Crippen molar-refractivity contribution in [3.8, 4) is 22.9 Å². The van der Waals surface area contributed by atoms with Gasteiger partial charge in [0.2, 0.25) is 10.0 Å². The summed E-state index contributed by atoms with van der Waals surface area (Å²) in [6.07, 6.45) is 3.80. The first kappa shape index (κ1) is 13.9. The molecule has 1 aromatic heterocycles. The number of ether oxygens (including phenoxy) is 1. The average molecular weight is 347 g/mol. The van der Waals surface area contributed by atoms with E-state index < -0.39 is 10.0 Å². The predicted octanol–water partition coefficient (Wildman–Crippen LogP) is 1.83. The van der Waals surface area contributed by atoms with E-state index >= 15 is 0 Å². The lowest BCUT2D eigenvalue weighted by molar-refractivity contribution is 0.372. The maximum Gasteiger partial charge on any atom is 0.237 e. The maximum absolute atomic E-state index is 11.6. The summed E-state index contributed by atoms with van der Waals surface area (Å²) in [5, 5.41) is 9.91. The van der Waals surface area contributed by atoms with Crippen LogP contribution in [0.1, 0.15) is 0 Å². The van der Waals surface area contributed by atoms with Crippen molar-refractivity contribution in [2.24, 2.45) is 0 Å². The van der Waals surface area contributed by atoms with Crippen LogP contribution in [0.15, 0.2) is 29.0 Å². The van der Waals surface area contributed by atoms with Gasteiger partial charge in [-0.3, -0.25) is 0 Å². The summed E-state index contributed by atoms with van der Waals surface area (Å²) >= 11 is 3.22. The van der Waals surface area contributed by atoms with E-state index in [1.165, 1.54) is 25.6 Å². The second kappa shape index (κ2) is 4.86. The lowest BCUT2D eigenvalue weighted by Crippen LogP contribution is -2.10. The molecule has 0 aliphatic carbocycles. The molecule has 19 heavy (non-hydrogen) atoms. The molecule has 0 aliphatic heterocycles. The van der Waals surface area contributed by atoms with E-state index in [1.807, 2.05) is 0 Å². The molecule has 2 aromatic rings. The molecule has 0 aliphatic rings. The number of phenolic OH excluding ortho intramolecular Hbond substituents is 1.